The molecule has 0 aromatic carbocycles. The number of nitrogens with zero attached hydrogens (tertiary/aromatic N) is 1. The van der Waals surface area contributed by atoms with Crippen LogP contribution in [0.4, 0.5) is 0 Å². The lowest BCUT2D eigenvalue weighted by atomic mass is 9.95. The Labute approximate surface area is 114 Å². The van der Waals surface area contributed by atoms with E-state index in [2.05, 4.69) is 24.1 Å². The van der Waals surface area contributed by atoms with E-state index in [0.29, 0.717) is 0 Å². The first-order chi connectivity index (χ1) is 8.75. The maximum Gasteiger partial charge on any atom is 0.00965 e. The molecule has 2 aliphatic carbocycles. The summed E-state index contributed by atoms with van der Waals surface area (Å²) in [6.07, 6.45) is 11.4. The maximum atomic E-state index is 3.76. The fourth-order valence-corrected chi connectivity index (χ4v) is 3.23. The van der Waals surface area contributed by atoms with Crippen molar-refractivity contribution < 1.29 is 0 Å². The zero-order valence-corrected chi connectivity index (χ0v) is 12.5. The van der Waals surface area contributed by atoms with Gasteiger partial charge in [0.15, 0.2) is 0 Å². The zero-order valence-electron chi connectivity index (χ0n) is 12.5. The van der Waals surface area contributed by atoms with Crippen LogP contribution in [0.2, 0.25) is 0 Å². The first-order valence-corrected chi connectivity index (χ1v) is 8.23. The fourth-order valence-electron chi connectivity index (χ4n) is 3.23. The van der Waals surface area contributed by atoms with Gasteiger partial charge in [-0.3, -0.25) is 0 Å². The number of rotatable bonds is 8. The Hall–Kier alpha value is -0.0800. The molecular formula is C16H32N2. The van der Waals surface area contributed by atoms with Gasteiger partial charge in [-0.1, -0.05) is 33.1 Å². The molecule has 0 saturated heterocycles. The summed E-state index contributed by atoms with van der Waals surface area (Å²) < 4.78 is 0. The molecule has 2 nitrogen and oxygen atoms in total. The topological polar surface area (TPSA) is 15.3 Å². The summed E-state index contributed by atoms with van der Waals surface area (Å²) >= 11 is 0. The molecule has 106 valence electrons. The predicted molar refractivity (Wildman–Crippen MR) is 78.9 cm³/mol. The molecule has 2 saturated carbocycles. The molecule has 18 heavy (non-hydrogen) atoms. The van der Waals surface area contributed by atoms with Gasteiger partial charge in [0.2, 0.25) is 0 Å². The summed E-state index contributed by atoms with van der Waals surface area (Å²) in [6.45, 7) is 8.52. The van der Waals surface area contributed by atoms with E-state index in [1.807, 2.05) is 0 Å². The molecule has 0 aliphatic heterocycles. The lowest BCUT2D eigenvalue weighted by Crippen LogP contribution is -2.35. The van der Waals surface area contributed by atoms with Gasteiger partial charge in [0.05, 0.1) is 0 Å². The monoisotopic (exact) mass is 252 g/mol. The molecule has 0 amide bonds. The summed E-state index contributed by atoms with van der Waals surface area (Å²) in [4.78, 5) is 2.73. The average Bonchev–Trinajstić information content (AvgIpc) is 3.18. The highest BCUT2D eigenvalue weighted by Gasteiger charge is 2.28. The zero-order chi connectivity index (χ0) is 12.8. The maximum absolute atomic E-state index is 3.76. The lowest BCUT2D eigenvalue weighted by molar-refractivity contribution is 0.228. The second kappa shape index (κ2) is 7.49. The van der Waals surface area contributed by atoms with Gasteiger partial charge in [-0.05, 0) is 51.1 Å². The van der Waals surface area contributed by atoms with Gasteiger partial charge in [-0.25, -0.2) is 0 Å². The standard InChI is InChI=1S/C16H32N2/c1-14(2)13-18(16-9-10-16)12-6-11-17-15-7-4-3-5-8-15/h14-17H,3-13H2,1-2H3. The average molecular weight is 252 g/mol. The van der Waals surface area contributed by atoms with Crippen molar-refractivity contribution in [2.45, 2.75) is 77.3 Å². The first kappa shape index (κ1) is 14.3. The van der Waals surface area contributed by atoms with Crippen LogP contribution in [0.5, 0.6) is 0 Å². The molecule has 2 rings (SSSR count). The minimum atomic E-state index is 0.817. The van der Waals surface area contributed by atoms with Gasteiger partial charge < -0.3 is 10.2 Å². The molecule has 0 aromatic heterocycles. The van der Waals surface area contributed by atoms with Crippen LogP contribution in [0.1, 0.15) is 65.2 Å². The van der Waals surface area contributed by atoms with Gasteiger partial charge in [0.1, 0.15) is 0 Å². The van der Waals surface area contributed by atoms with Crippen molar-refractivity contribution in [2.75, 3.05) is 19.6 Å². The highest BCUT2D eigenvalue weighted by atomic mass is 15.2. The second-order valence-electron chi connectivity index (χ2n) is 6.76. The van der Waals surface area contributed by atoms with Crippen molar-refractivity contribution in [3.05, 3.63) is 0 Å². The van der Waals surface area contributed by atoms with E-state index in [0.717, 1.165) is 18.0 Å². The molecule has 0 unspecified atom stereocenters. The van der Waals surface area contributed by atoms with Crippen LogP contribution in [-0.4, -0.2) is 36.6 Å². The first-order valence-electron chi connectivity index (χ1n) is 8.23. The largest absolute Gasteiger partial charge is 0.314 e. The number of nitrogens with one attached hydrogen (secondary N) is 1. The molecule has 0 atom stereocenters. The van der Waals surface area contributed by atoms with Crippen molar-refractivity contribution in [3.63, 3.8) is 0 Å². The van der Waals surface area contributed by atoms with Gasteiger partial charge in [0.25, 0.3) is 0 Å². The van der Waals surface area contributed by atoms with E-state index in [9.17, 15) is 0 Å². The molecule has 0 spiro atoms. The van der Waals surface area contributed by atoms with Gasteiger partial charge in [-0.2, -0.15) is 0 Å². The fraction of sp³-hybridized carbons (Fsp3) is 1.00. The van der Waals surface area contributed by atoms with Crippen LogP contribution in [0, 0.1) is 5.92 Å². The van der Waals surface area contributed by atoms with Gasteiger partial charge in [-0.15, -0.1) is 0 Å². The molecule has 1 N–H and O–H groups in total. The Morgan fingerprint density at radius 3 is 2.39 bits per heavy atom. The van der Waals surface area contributed by atoms with Gasteiger partial charge >= 0.3 is 0 Å². The van der Waals surface area contributed by atoms with E-state index >= 15 is 0 Å². The quantitative estimate of drug-likeness (QED) is 0.666. The van der Waals surface area contributed by atoms with Crippen LogP contribution in [0.15, 0.2) is 0 Å². The Balaban J connectivity index is 1.55. The van der Waals surface area contributed by atoms with Crippen molar-refractivity contribution in [3.8, 4) is 0 Å². The summed E-state index contributed by atoms with van der Waals surface area (Å²) in [5.41, 5.74) is 0. The highest BCUT2D eigenvalue weighted by molar-refractivity contribution is 4.85. The van der Waals surface area contributed by atoms with Crippen LogP contribution in [0.3, 0.4) is 0 Å². The Kier molecular flexibility index (Phi) is 5.97. The summed E-state index contributed by atoms with van der Waals surface area (Å²) in [5.74, 6) is 0.817. The van der Waals surface area contributed by atoms with Crippen molar-refractivity contribution in [2.24, 2.45) is 5.92 Å². The lowest BCUT2D eigenvalue weighted by Gasteiger charge is -2.26. The third-order valence-electron chi connectivity index (χ3n) is 4.32. The molecule has 2 heteroatoms. The van der Waals surface area contributed by atoms with E-state index in [4.69, 9.17) is 0 Å². The molecule has 2 aliphatic rings. The Morgan fingerprint density at radius 1 is 1.06 bits per heavy atom. The van der Waals surface area contributed by atoms with Crippen molar-refractivity contribution >= 4 is 0 Å². The second-order valence-corrected chi connectivity index (χ2v) is 6.76. The van der Waals surface area contributed by atoms with Crippen LogP contribution >= 0.6 is 0 Å². The molecule has 0 heterocycles. The SMILES string of the molecule is CC(C)CN(CCCNC1CCCCC1)C1CC1. The molecular weight excluding hydrogens is 220 g/mol. The predicted octanol–water partition coefficient (Wildman–Crippen LogP) is 3.42. The Bertz CT molecular complexity index is 217. The van der Waals surface area contributed by atoms with Crippen LogP contribution in [0.25, 0.3) is 0 Å². The summed E-state index contributed by atoms with van der Waals surface area (Å²) in [6, 6.07) is 1.76. The van der Waals surface area contributed by atoms with E-state index in [1.54, 1.807) is 0 Å². The normalized spacial score (nSPS) is 22.0. The highest BCUT2D eigenvalue weighted by Crippen LogP contribution is 2.27. The number of hydrogen-bond acceptors (Lipinski definition) is 2. The van der Waals surface area contributed by atoms with E-state index in [-0.39, 0.29) is 0 Å². The smallest absolute Gasteiger partial charge is 0.00965 e. The minimum absolute atomic E-state index is 0.817. The third kappa shape index (κ3) is 5.27. The minimum Gasteiger partial charge on any atom is -0.314 e. The summed E-state index contributed by atoms with van der Waals surface area (Å²) in [5, 5.41) is 3.76. The van der Waals surface area contributed by atoms with E-state index < -0.39 is 0 Å². The van der Waals surface area contributed by atoms with E-state index in [1.165, 1.54) is 71.0 Å². The molecule has 0 aromatic rings. The molecule has 0 radical (unpaired) electrons. The molecule has 2 fully saturated rings. The van der Waals surface area contributed by atoms with Crippen molar-refractivity contribution in [1.29, 1.82) is 0 Å². The molecule has 0 bridgehead atoms. The van der Waals surface area contributed by atoms with Crippen molar-refractivity contribution in [1.82, 2.24) is 10.2 Å². The van der Waals surface area contributed by atoms with Crippen LogP contribution < -0.4 is 5.32 Å². The van der Waals surface area contributed by atoms with Crippen LogP contribution in [-0.2, 0) is 0 Å². The third-order valence-corrected chi connectivity index (χ3v) is 4.32. The van der Waals surface area contributed by atoms with Gasteiger partial charge in [0, 0.05) is 18.6 Å². The Morgan fingerprint density at radius 2 is 1.78 bits per heavy atom. The number of hydrogen-bond donors (Lipinski definition) is 1. The summed E-state index contributed by atoms with van der Waals surface area (Å²) in [7, 11) is 0.